The van der Waals surface area contributed by atoms with E-state index in [-0.39, 0.29) is 22.9 Å². The Labute approximate surface area is 132 Å². The van der Waals surface area contributed by atoms with Gasteiger partial charge in [0.15, 0.2) is 0 Å². The van der Waals surface area contributed by atoms with Gasteiger partial charge in [0.1, 0.15) is 5.75 Å². The summed E-state index contributed by atoms with van der Waals surface area (Å²) in [6, 6.07) is 5.79. The number of nitrogens with zero attached hydrogens (tertiary/aromatic N) is 2. The predicted octanol–water partition coefficient (Wildman–Crippen LogP) is 3.39. The van der Waals surface area contributed by atoms with E-state index >= 15 is 0 Å². The van der Waals surface area contributed by atoms with Crippen LogP contribution in [0.5, 0.6) is 11.6 Å². The molecule has 0 aliphatic heterocycles. The fraction of sp³-hybridized carbons (Fsp3) is 0.0769. The van der Waals surface area contributed by atoms with E-state index in [1.165, 1.54) is 24.4 Å². The molecule has 0 spiro atoms. The van der Waals surface area contributed by atoms with Crippen LogP contribution in [0.1, 0.15) is 15.9 Å². The molecule has 0 unspecified atom stereocenters. The van der Waals surface area contributed by atoms with Crippen LogP contribution in [-0.4, -0.2) is 21.0 Å². The summed E-state index contributed by atoms with van der Waals surface area (Å²) in [5, 5.41) is 20.1. The van der Waals surface area contributed by atoms with Gasteiger partial charge in [0.05, 0.1) is 14.1 Å². The largest absolute Gasteiger partial charge is 0.478 e. The number of ether oxygens (including phenoxy) is 1. The second-order valence-corrected chi connectivity index (χ2v) is 5.25. The number of aromatic carboxylic acids is 1. The van der Waals surface area contributed by atoms with Crippen LogP contribution in [0.15, 0.2) is 30.5 Å². The molecule has 1 aromatic carbocycles. The highest BCUT2D eigenvalue weighted by Gasteiger charge is 2.21. The van der Waals surface area contributed by atoms with E-state index in [1.807, 2.05) is 22.6 Å². The molecule has 1 N–H and O–H groups in total. The molecule has 2 aromatic rings. The van der Waals surface area contributed by atoms with E-state index in [4.69, 9.17) is 9.84 Å². The zero-order chi connectivity index (χ0) is 15.6. The number of nitro groups is 1. The van der Waals surface area contributed by atoms with Gasteiger partial charge in [-0.3, -0.25) is 10.1 Å². The molecule has 21 heavy (non-hydrogen) atoms. The van der Waals surface area contributed by atoms with Crippen LogP contribution >= 0.6 is 22.6 Å². The third-order valence-corrected chi connectivity index (χ3v) is 3.55. The van der Waals surface area contributed by atoms with E-state index in [0.717, 1.165) is 0 Å². The quantitative estimate of drug-likeness (QED) is 0.480. The number of carbonyl (C=O) groups is 1. The lowest BCUT2D eigenvalue weighted by Crippen LogP contribution is -2.01. The molecule has 0 atom stereocenters. The summed E-state index contributed by atoms with van der Waals surface area (Å²) < 4.78 is 6.07. The first-order valence-corrected chi connectivity index (χ1v) is 6.78. The number of aromatic nitrogens is 1. The van der Waals surface area contributed by atoms with E-state index in [2.05, 4.69) is 4.98 Å². The molecule has 108 valence electrons. The maximum Gasteiger partial charge on any atom is 0.335 e. The van der Waals surface area contributed by atoms with E-state index in [1.54, 1.807) is 13.0 Å². The average Bonchev–Trinajstić information content (AvgIpc) is 2.40. The summed E-state index contributed by atoms with van der Waals surface area (Å²) >= 11 is 1.95. The normalized spacial score (nSPS) is 10.2. The Balaban J connectivity index is 2.48. The second kappa shape index (κ2) is 6.04. The van der Waals surface area contributed by atoms with Crippen molar-refractivity contribution in [3.63, 3.8) is 0 Å². The standard InChI is InChI=1S/C13H9IN2O5/c1-7-4-5-15-12(11(7)16(19)20)21-10-6-8(13(17)18)2-3-9(10)14/h2-6H,1H3,(H,17,18). The molecule has 0 bridgehead atoms. The minimum atomic E-state index is -1.11. The van der Waals surface area contributed by atoms with Crippen LogP contribution in [0.4, 0.5) is 5.69 Å². The average molecular weight is 400 g/mol. The summed E-state index contributed by atoms with van der Waals surface area (Å²) in [6.45, 7) is 1.57. The van der Waals surface area contributed by atoms with E-state index in [9.17, 15) is 14.9 Å². The molecule has 0 aliphatic rings. The fourth-order valence-corrected chi connectivity index (χ4v) is 2.09. The number of aryl methyl sites for hydroxylation is 1. The topological polar surface area (TPSA) is 103 Å². The summed E-state index contributed by atoms with van der Waals surface area (Å²) in [4.78, 5) is 25.3. The number of hydrogen-bond acceptors (Lipinski definition) is 5. The molecule has 0 radical (unpaired) electrons. The molecule has 7 nitrogen and oxygen atoms in total. The number of carboxylic acid groups (broad SMARTS) is 1. The smallest absolute Gasteiger partial charge is 0.335 e. The Bertz CT molecular complexity index is 732. The maximum atomic E-state index is 11.1. The minimum Gasteiger partial charge on any atom is -0.478 e. The molecule has 0 saturated heterocycles. The summed E-state index contributed by atoms with van der Waals surface area (Å²) in [7, 11) is 0. The maximum absolute atomic E-state index is 11.1. The third kappa shape index (κ3) is 3.27. The highest BCUT2D eigenvalue weighted by Crippen LogP contribution is 2.34. The number of carboxylic acids is 1. The molecule has 0 saturated carbocycles. The Hall–Kier alpha value is -2.23. The minimum absolute atomic E-state index is 0.0284. The zero-order valence-corrected chi connectivity index (χ0v) is 12.9. The van der Waals surface area contributed by atoms with Crippen LogP contribution in [0, 0.1) is 20.6 Å². The Morgan fingerprint density at radius 3 is 2.76 bits per heavy atom. The number of hydrogen-bond donors (Lipinski definition) is 1. The van der Waals surface area contributed by atoms with Gasteiger partial charge in [-0.2, -0.15) is 0 Å². The van der Waals surface area contributed by atoms with Crippen LogP contribution in [0.25, 0.3) is 0 Å². The second-order valence-electron chi connectivity index (χ2n) is 4.09. The van der Waals surface area contributed by atoms with E-state index in [0.29, 0.717) is 9.13 Å². The van der Waals surface area contributed by atoms with Gasteiger partial charge < -0.3 is 9.84 Å². The van der Waals surface area contributed by atoms with Gasteiger partial charge in [-0.05, 0) is 53.8 Å². The van der Waals surface area contributed by atoms with Gasteiger partial charge in [0.25, 0.3) is 5.88 Å². The number of halogens is 1. The highest BCUT2D eigenvalue weighted by molar-refractivity contribution is 14.1. The predicted molar refractivity (Wildman–Crippen MR) is 81.8 cm³/mol. The molecular weight excluding hydrogens is 391 g/mol. The van der Waals surface area contributed by atoms with Gasteiger partial charge in [0.2, 0.25) is 0 Å². The SMILES string of the molecule is Cc1ccnc(Oc2cc(C(=O)O)ccc2I)c1[N+](=O)[O-]. The fourth-order valence-electron chi connectivity index (χ4n) is 1.64. The molecule has 2 rings (SSSR count). The van der Waals surface area contributed by atoms with Crippen molar-refractivity contribution >= 4 is 34.2 Å². The Morgan fingerprint density at radius 2 is 2.14 bits per heavy atom. The number of pyridine rings is 1. The van der Waals surface area contributed by atoms with Crippen molar-refractivity contribution in [2.24, 2.45) is 0 Å². The summed E-state index contributed by atoms with van der Waals surface area (Å²) in [5.41, 5.74) is 0.198. The van der Waals surface area contributed by atoms with E-state index < -0.39 is 10.9 Å². The Kier molecular flexibility index (Phi) is 4.36. The zero-order valence-electron chi connectivity index (χ0n) is 10.7. The van der Waals surface area contributed by atoms with Crippen molar-refractivity contribution in [1.82, 2.24) is 4.98 Å². The first kappa shape index (κ1) is 15.2. The molecule has 0 fully saturated rings. The van der Waals surface area contributed by atoms with Gasteiger partial charge in [-0.1, -0.05) is 0 Å². The molecular formula is C13H9IN2O5. The van der Waals surface area contributed by atoms with Gasteiger partial charge in [-0.15, -0.1) is 0 Å². The molecule has 1 heterocycles. The lowest BCUT2D eigenvalue weighted by atomic mass is 10.2. The van der Waals surface area contributed by atoms with Crippen molar-refractivity contribution in [1.29, 1.82) is 0 Å². The van der Waals surface area contributed by atoms with Crippen molar-refractivity contribution in [2.45, 2.75) is 6.92 Å². The number of benzene rings is 1. The van der Waals surface area contributed by atoms with Crippen LogP contribution in [-0.2, 0) is 0 Å². The van der Waals surface area contributed by atoms with Crippen LogP contribution in [0.3, 0.4) is 0 Å². The van der Waals surface area contributed by atoms with Gasteiger partial charge >= 0.3 is 11.7 Å². The lowest BCUT2D eigenvalue weighted by Gasteiger charge is -2.09. The lowest BCUT2D eigenvalue weighted by molar-refractivity contribution is -0.386. The summed E-state index contributed by atoms with van der Waals surface area (Å²) in [6.07, 6.45) is 1.39. The van der Waals surface area contributed by atoms with Crippen LogP contribution in [0.2, 0.25) is 0 Å². The monoisotopic (exact) mass is 400 g/mol. The van der Waals surface area contributed by atoms with Gasteiger partial charge in [0, 0.05) is 11.8 Å². The Morgan fingerprint density at radius 1 is 1.43 bits per heavy atom. The van der Waals surface area contributed by atoms with Gasteiger partial charge in [-0.25, -0.2) is 9.78 Å². The van der Waals surface area contributed by atoms with Crippen molar-refractivity contribution in [3.8, 4) is 11.6 Å². The molecule has 0 amide bonds. The molecule has 1 aromatic heterocycles. The number of rotatable bonds is 4. The van der Waals surface area contributed by atoms with Crippen LogP contribution < -0.4 is 4.74 Å². The highest BCUT2D eigenvalue weighted by atomic mass is 127. The van der Waals surface area contributed by atoms with Crippen molar-refractivity contribution in [2.75, 3.05) is 0 Å². The van der Waals surface area contributed by atoms with Crippen molar-refractivity contribution in [3.05, 3.63) is 55.3 Å². The molecule has 8 heteroatoms. The molecule has 0 aliphatic carbocycles. The first-order valence-electron chi connectivity index (χ1n) is 5.71. The van der Waals surface area contributed by atoms with Crippen molar-refractivity contribution < 1.29 is 19.6 Å². The third-order valence-electron chi connectivity index (χ3n) is 2.66. The summed E-state index contributed by atoms with van der Waals surface area (Å²) in [5.74, 6) is -1.07. The first-order chi connectivity index (χ1) is 9.90.